The second-order valence-corrected chi connectivity index (χ2v) is 7.79. The molecule has 2 aromatic carbocycles. The predicted molar refractivity (Wildman–Crippen MR) is 114 cm³/mol. The predicted octanol–water partition coefficient (Wildman–Crippen LogP) is 3.94. The lowest BCUT2D eigenvalue weighted by atomic mass is 9.87. The average molecular weight is 403 g/mol. The smallest absolute Gasteiger partial charge is 0.338 e. The summed E-state index contributed by atoms with van der Waals surface area (Å²) in [5.74, 6) is -0.750. The molecule has 3 aromatic rings. The van der Waals surface area contributed by atoms with Crippen LogP contribution < -0.4 is 0 Å². The van der Waals surface area contributed by atoms with E-state index < -0.39 is 5.97 Å². The molecule has 6 nitrogen and oxygen atoms in total. The number of likely N-dealkylation sites (N-methyl/N-ethyl adjacent to an activating group) is 1. The summed E-state index contributed by atoms with van der Waals surface area (Å²) in [6.07, 6.45) is 2.99. The van der Waals surface area contributed by atoms with Crippen LogP contribution in [0.1, 0.15) is 51.8 Å². The van der Waals surface area contributed by atoms with Crippen LogP contribution in [-0.4, -0.2) is 40.4 Å². The summed E-state index contributed by atoms with van der Waals surface area (Å²) in [5, 5.41) is 0. The molecule has 154 valence electrons. The molecule has 1 aliphatic carbocycles. The fourth-order valence-corrected chi connectivity index (χ4v) is 3.97. The number of hydrogen-bond acceptors (Lipinski definition) is 5. The van der Waals surface area contributed by atoms with Crippen molar-refractivity contribution >= 4 is 22.9 Å². The van der Waals surface area contributed by atoms with E-state index in [4.69, 9.17) is 4.74 Å². The van der Waals surface area contributed by atoms with Crippen LogP contribution in [0.2, 0.25) is 0 Å². The Morgan fingerprint density at radius 1 is 1.07 bits per heavy atom. The molecule has 0 saturated carbocycles. The number of aromatic nitrogens is 2. The minimum absolute atomic E-state index is 0.0170. The molecule has 4 rings (SSSR count). The van der Waals surface area contributed by atoms with E-state index in [1.165, 1.54) is 11.1 Å². The van der Waals surface area contributed by atoms with Crippen molar-refractivity contribution in [2.45, 2.75) is 39.2 Å². The lowest BCUT2D eigenvalue weighted by Crippen LogP contribution is -2.36. The van der Waals surface area contributed by atoms with Crippen molar-refractivity contribution in [1.82, 2.24) is 14.9 Å². The van der Waals surface area contributed by atoms with Gasteiger partial charge in [0, 0.05) is 7.05 Å². The molecule has 1 aliphatic rings. The molecule has 6 heteroatoms. The number of nitrogens with zero attached hydrogens (tertiary/aromatic N) is 3. The quantitative estimate of drug-likeness (QED) is 0.617. The monoisotopic (exact) mass is 403 g/mol. The third-order valence-corrected chi connectivity index (χ3v) is 5.84. The van der Waals surface area contributed by atoms with Crippen molar-refractivity contribution in [2.75, 3.05) is 13.7 Å². The maximum atomic E-state index is 12.7. The van der Waals surface area contributed by atoms with Gasteiger partial charge < -0.3 is 9.64 Å². The molecule has 1 amide bonds. The normalized spacial score (nSPS) is 15.5. The lowest BCUT2D eigenvalue weighted by molar-refractivity contribution is -0.135. The topological polar surface area (TPSA) is 72.4 Å². The molecule has 0 unspecified atom stereocenters. The molecule has 0 fully saturated rings. The number of aryl methyl sites for hydroxylation is 3. The molecule has 0 spiro atoms. The molecular weight excluding hydrogens is 378 g/mol. The first kappa shape index (κ1) is 20.0. The van der Waals surface area contributed by atoms with Crippen LogP contribution in [-0.2, 0) is 16.0 Å². The fraction of sp³-hybridized carbons (Fsp3) is 0.333. The lowest BCUT2D eigenvalue weighted by Gasteiger charge is -2.33. The van der Waals surface area contributed by atoms with Gasteiger partial charge in [-0.3, -0.25) is 4.79 Å². The van der Waals surface area contributed by atoms with Gasteiger partial charge in [-0.15, -0.1) is 0 Å². The summed E-state index contributed by atoms with van der Waals surface area (Å²) in [6, 6.07) is 13.3. The maximum absolute atomic E-state index is 12.7. The highest BCUT2D eigenvalue weighted by atomic mass is 16.5. The SMILES string of the molecule is Cc1nc2ccc(C(=O)OCC(=O)N(C)[C@@H]3CCCc4ccccc43)cc2nc1C. The summed E-state index contributed by atoms with van der Waals surface area (Å²) in [5.41, 5.74) is 5.86. The minimum atomic E-state index is -0.539. The van der Waals surface area contributed by atoms with E-state index in [9.17, 15) is 9.59 Å². The van der Waals surface area contributed by atoms with Crippen molar-refractivity contribution < 1.29 is 14.3 Å². The first-order chi connectivity index (χ1) is 14.4. The second kappa shape index (κ2) is 8.22. The van der Waals surface area contributed by atoms with Gasteiger partial charge in [-0.25, -0.2) is 14.8 Å². The Kier molecular flexibility index (Phi) is 5.48. The number of esters is 1. The number of carbonyl (C=O) groups is 2. The highest BCUT2D eigenvalue weighted by Crippen LogP contribution is 2.33. The molecule has 0 radical (unpaired) electrons. The number of benzene rings is 2. The Labute approximate surface area is 175 Å². The molecule has 0 bridgehead atoms. The fourth-order valence-electron chi connectivity index (χ4n) is 3.97. The average Bonchev–Trinajstić information content (AvgIpc) is 2.76. The largest absolute Gasteiger partial charge is 0.452 e. The number of hydrogen-bond donors (Lipinski definition) is 0. The Balaban J connectivity index is 1.43. The van der Waals surface area contributed by atoms with Crippen molar-refractivity contribution in [3.8, 4) is 0 Å². The molecular formula is C24H25N3O3. The number of rotatable bonds is 4. The zero-order valence-corrected chi connectivity index (χ0v) is 17.5. The molecule has 30 heavy (non-hydrogen) atoms. The third-order valence-electron chi connectivity index (χ3n) is 5.84. The number of carbonyl (C=O) groups excluding carboxylic acids is 2. The Hall–Kier alpha value is -3.28. The standard InChI is InChI=1S/C24H25N3O3/c1-15-16(2)26-21-13-18(11-12-20(21)25-15)24(29)30-14-23(28)27(3)22-10-6-8-17-7-4-5-9-19(17)22/h4-5,7,9,11-13,22H,6,8,10,14H2,1-3H3/t22-/m1/s1. The molecule has 0 aliphatic heterocycles. The Bertz CT molecular complexity index is 1130. The van der Waals surface area contributed by atoms with Crippen LogP contribution in [0, 0.1) is 13.8 Å². The van der Waals surface area contributed by atoms with Crippen LogP contribution in [0.15, 0.2) is 42.5 Å². The van der Waals surface area contributed by atoms with Crippen LogP contribution in [0.4, 0.5) is 0 Å². The van der Waals surface area contributed by atoms with Crippen molar-refractivity contribution in [2.24, 2.45) is 0 Å². The summed E-state index contributed by atoms with van der Waals surface area (Å²) in [7, 11) is 1.78. The van der Waals surface area contributed by atoms with E-state index in [0.29, 0.717) is 11.1 Å². The number of ether oxygens (including phenoxy) is 1. The third kappa shape index (κ3) is 3.90. The van der Waals surface area contributed by atoms with Gasteiger partial charge in [0.15, 0.2) is 6.61 Å². The van der Waals surface area contributed by atoms with Gasteiger partial charge in [-0.2, -0.15) is 0 Å². The molecule has 1 atom stereocenters. The van der Waals surface area contributed by atoms with E-state index in [1.54, 1.807) is 30.1 Å². The highest BCUT2D eigenvalue weighted by molar-refractivity contribution is 5.94. The van der Waals surface area contributed by atoms with Gasteiger partial charge in [-0.1, -0.05) is 24.3 Å². The molecule has 0 N–H and O–H groups in total. The van der Waals surface area contributed by atoms with Gasteiger partial charge in [0.25, 0.3) is 5.91 Å². The van der Waals surface area contributed by atoms with E-state index >= 15 is 0 Å². The molecule has 0 saturated heterocycles. The van der Waals surface area contributed by atoms with Gasteiger partial charge in [0.1, 0.15) is 0 Å². The van der Waals surface area contributed by atoms with Crippen molar-refractivity contribution in [1.29, 1.82) is 0 Å². The second-order valence-electron chi connectivity index (χ2n) is 7.79. The van der Waals surface area contributed by atoms with Gasteiger partial charge in [0.2, 0.25) is 0 Å². The molecule has 1 aromatic heterocycles. The zero-order chi connectivity index (χ0) is 21.3. The zero-order valence-electron chi connectivity index (χ0n) is 17.5. The summed E-state index contributed by atoms with van der Waals surface area (Å²) >= 11 is 0. The maximum Gasteiger partial charge on any atom is 0.338 e. The first-order valence-electron chi connectivity index (χ1n) is 10.2. The van der Waals surface area contributed by atoms with Crippen molar-refractivity contribution in [3.05, 3.63) is 70.5 Å². The summed E-state index contributed by atoms with van der Waals surface area (Å²) < 4.78 is 5.31. The van der Waals surface area contributed by atoms with E-state index in [1.807, 2.05) is 26.0 Å². The summed E-state index contributed by atoms with van der Waals surface area (Å²) in [6.45, 7) is 3.49. The Morgan fingerprint density at radius 2 is 1.80 bits per heavy atom. The summed E-state index contributed by atoms with van der Waals surface area (Å²) in [4.78, 5) is 35.9. The van der Waals surface area contributed by atoms with Crippen molar-refractivity contribution in [3.63, 3.8) is 0 Å². The number of amides is 1. The highest BCUT2D eigenvalue weighted by Gasteiger charge is 2.27. The van der Waals surface area contributed by atoms with Crippen LogP contribution in [0.25, 0.3) is 11.0 Å². The Morgan fingerprint density at radius 3 is 2.60 bits per heavy atom. The minimum Gasteiger partial charge on any atom is -0.452 e. The van der Waals surface area contributed by atoms with E-state index in [0.717, 1.165) is 36.2 Å². The van der Waals surface area contributed by atoms with Crippen LogP contribution in [0.3, 0.4) is 0 Å². The van der Waals surface area contributed by atoms with Crippen LogP contribution >= 0.6 is 0 Å². The van der Waals surface area contributed by atoms with E-state index in [-0.39, 0.29) is 18.6 Å². The van der Waals surface area contributed by atoms with Gasteiger partial charge >= 0.3 is 5.97 Å². The molecule has 1 heterocycles. The van der Waals surface area contributed by atoms with Gasteiger partial charge in [-0.05, 0) is 62.4 Å². The van der Waals surface area contributed by atoms with E-state index in [2.05, 4.69) is 22.1 Å². The first-order valence-corrected chi connectivity index (χ1v) is 10.2. The van der Waals surface area contributed by atoms with Gasteiger partial charge in [0.05, 0.1) is 34.0 Å². The number of fused-ring (bicyclic) bond motifs is 2. The van der Waals surface area contributed by atoms with Crippen LogP contribution in [0.5, 0.6) is 0 Å².